The van der Waals surface area contributed by atoms with E-state index in [1.54, 1.807) is 25.1 Å². The second-order valence-corrected chi connectivity index (χ2v) is 4.59. The van der Waals surface area contributed by atoms with Crippen LogP contribution in [0.2, 0.25) is 10.0 Å². The Morgan fingerprint density at radius 3 is 2.42 bits per heavy atom. The van der Waals surface area contributed by atoms with Crippen LogP contribution < -0.4 is 5.73 Å². The van der Waals surface area contributed by atoms with Crippen molar-refractivity contribution < 1.29 is 19.0 Å². The third kappa shape index (κ3) is 4.54. The summed E-state index contributed by atoms with van der Waals surface area (Å²) in [5.41, 5.74) is 5.52. The molecule has 0 aromatic heterocycles. The first-order valence-electron chi connectivity index (χ1n) is 5.48. The molecule has 0 unspecified atom stereocenters. The van der Waals surface area contributed by atoms with E-state index in [1.807, 2.05) is 0 Å². The Morgan fingerprint density at radius 1 is 1.37 bits per heavy atom. The van der Waals surface area contributed by atoms with Gasteiger partial charge in [0.2, 0.25) is 0 Å². The standard InChI is InChI=1S/C12H15Cl2NO4/c1-7(19-12(15)16)11(18-6-17-2)10-8(13)4-3-5-9(10)14/h3-5,7,11H,6H2,1-2H3,(H2,15,16)/t7-,11+/m1/s1. The molecular weight excluding hydrogens is 293 g/mol. The number of rotatable bonds is 6. The van der Waals surface area contributed by atoms with Crippen LogP contribution in [-0.4, -0.2) is 26.1 Å². The average molecular weight is 308 g/mol. The van der Waals surface area contributed by atoms with Crippen LogP contribution in [0, 0.1) is 0 Å². The predicted octanol–water partition coefficient (Wildman–Crippen LogP) is 3.14. The molecule has 0 heterocycles. The van der Waals surface area contributed by atoms with Gasteiger partial charge in [0.05, 0.1) is 0 Å². The maximum Gasteiger partial charge on any atom is 0.404 e. The maximum absolute atomic E-state index is 10.8. The Balaban J connectivity index is 3.04. The molecular formula is C12H15Cl2NO4. The van der Waals surface area contributed by atoms with Gasteiger partial charge in [0.25, 0.3) is 0 Å². The summed E-state index contributed by atoms with van der Waals surface area (Å²) < 4.78 is 15.2. The van der Waals surface area contributed by atoms with E-state index >= 15 is 0 Å². The molecule has 1 aromatic rings. The summed E-state index contributed by atoms with van der Waals surface area (Å²) in [6.45, 7) is 1.63. The Hall–Kier alpha value is -1.01. The number of methoxy groups -OCH3 is 1. The number of nitrogens with two attached hydrogens (primary N) is 1. The molecule has 2 N–H and O–H groups in total. The molecule has 7 heteroatoms. The molecule has 0 radical (unpaired) electrons. The van der Waals surface area contributed by atoms with Crippen LogP contribution in [0.1, 0.15) is 18.6 Å². The third-order valence-corrected chi connectivity index (χ3v) is 3.04. The van der Waals surface area contributed by atoms with Crippen LogP contribution in [-0.2, 0) is 14.2 Å². The van der Waals surface area contributed by atoms with Crippen molar-refractivity contribution in [1.82, 2.24) is 0 Å². The first kappa shape index (κ1) is 16.0. The second kappa shape index (κ2) is 7.55. The van der Waals surface area contributed by atoms with E-state index in [4.69, 9.17) is 43.1 Å². The fourth-order valence-electron chi connectivity index (χ4n) is 1.62. The number of carbonyl (C=O) groups is 1. The summed E-state index contributed by atoms with van der Waals surface area (Å²) in [4.78, 5) is 10.8. The van der Waals surface area contributed by atoms with Crippen molar-refractivity contribution in [2.24, 2.45) is 5.73 Å². The van der Waals surface area contributed by atoms with Crippen molar-refractivity contribution in [1.29, 1.82) is 0 Å². The lowest BCUT2D eigenvalue weighted by molar-refractivity contribution is -0.111. The van der Waals surface area contributed by atoms with Crippen LogP contribution in [0.4, 0.5) is 4.79 Å². The zero-order valence-corrected chi connectivity index (χ0v) is 12.1. The molecule has 0 saturated heterocycles. The molecule has 0 aliphatic heterocycles. The number of hydrogen-bond donors (Lipinski definition) is 1. The van der Waals surface area contributed by atoms with Gasteiger partial charge in [-0.05, 0) is 19.1 Å². The van der Waals surface area contributed by atoms with Gasteiger partial charge in [-0.25, -0.2) is 4.79 Å². The normalized spacial score (nSPS) is 13.9. The summed E-state index contributed by atoms with van der Waals surface area (Å²) in [5, 5.41) is 0.821. The lowest BCUT2D eigenvalue weighted by Gasteiger charge is -2.25. The van der Waals surface area contributed by atoms with Crippen molar-refractivity contribution >= 4 is 29.3 Å². The van der Waals surface area contributed by atoms with Crippen LogP contribution in [0.25, 0.3) is 0 Å². The molecule has 0 aliphatic carbocycles. The minimum absolute atomic E-state index is 0.00131. The smallest absolute Gasteiger partial charge is 0.404 e. The number of hydrogen-bond acceptors (Lipinski definition) is 4. The summed E-state index contributed by atoms with van der Waals surface area (Å²) in [6.07, 6.45) is -2.24. The highest BCUT2D eigenvalue weighted by Crippen LogP contribution is 2.35. The summed E-state index contributed by atoms with van der Waals surface area (Å²) in [7, 11) is 1.48. The van der Waals surface area contributed by atoms with E-state index in [0.29, 0.717) is 15.6 Å². The lowest BCUT2D eigenvalue weighted by Crippen LogP contribution is -2.28. The highest BCUT2D eigenvalue weighted by atomic mass is 35.5. The van der Waals surface area contributed by atoms with Crippen molar-refractivity contribution in [3.8, 4) is 0 Å². The summed E-state index contributed by atoms with van der Waals surface area (Å²) in [5.74, 6) is 0. The van der Waals surface area contributed by atoms with Gasteiger partial charge in [-0.2, -0.15) is 0 Å². The van der Waals surface area contributed by atoms with E-state index < -0.39 is 18.3 Å². The predicted molar refractivity (Wildman–Crippen MR) is 72.3 cm³/mol. The van der Waals surface area contributed by atoms with E-state index in [1.165, 1.54) is 7.11 Å². The monoisotopic (exact) mass is 307 g/mol. The summed E-state index contributed by atoms with van der Waals surface area (Å²) in [6, 6.07) is 5.05. The number of primary amides is 1. The lowest BCUT2D eigenvalue weighted by atomic mass is 10.0. The van der Waals surface area contributed by atoms with Crippen molar-refractivity contribution in [3.05, 3.63) is 33.8 Å². The Labute approximate surface area is 121 Å². The number of carbonyl (C=O) groups excluding carboxylic acids is 1. The number of halogens is 2. The number of benzene rings is 1. The number of amides is 1. The molecule has 1 amide bonds. The van der Waals surface area contributed by atoms with Crippen molar-refractivity contribution in [3.63, 3.8) is 0 Å². The zero-order chi connectivity index (χ0) is 14.4. The van der Waals surface area contributed by atoms with Gasteiger partial charge in [-0.1, -0.05) is 29.3 Å². The van der Waals surface area contributed by atoms with Gasteiger partial charge in [0, 0.05) is 22.7 Å². The molecule has 1 aromatic carbocycles. The van der Waals surface area contributed by atoms with E-state index in [0.717, 1.165) is 0 Å². The molecule has 0 aliphatic rings. The molecule has 0 spiro atoms. The van der Waals surface area contributed by atoms with Gasteiger partial charge in [-0.3, -0.25) is 0 Å². The van der Waals surface area contributed by atoms with E-state index in [2.05, 4.69) is 0 Å². The van der Waals surface area contributed by atoms with E-state index in [-0.39, 0.29) is 6.79 Å². The van der Waals surface area contributed by atoms with Crippen LogP contribution in [0.5, 0.6) is 0 Å². The largest absolute Gasteiger partial charge is 0.444 e. The minimum Gasteiger partial charge on any atom is -0.444 e. The Kier molecular flexibility index (Phi) is 6.37. The quantitative estimate of drug-likeness (QED) is 0.820. The third-order valence-electron chi connectivity index (χ3n) is 2.38. The number of ether oxygens (including phenoxy) is 3. The first-order chi connectivity index (χ1) is 8.97. The van der Waals surface area contributed by atoms with Crippen LogP contribution in [0.3, 0.4) is 0 Å². The molecule has 19 heavy (non-hydrogen) atoms. The van der Waals surface area contributed by atoms with Crippen LogP contribution >= 0.6 is 23.2 Å². The van der Waals surface area contributed by atoms with Gasteiger partial charge in [-0.15, -0.1) is 0 Å². The average Bonchev–Trinajstić information content (AvgIpc) is 2.31. The summed E-state index contributed by atoms with van der Waals surface area (Å²) >= 11 is 12.2. The van der Waals surface area contributed by atoms with Crippen LogP contribution in [0.15, 0.2) is 18.2 Å². The maximum atomic E-state index is 10.8. The topological polar surface area (TPSA) is 70.8 Å². The molecule has 1 rings (SSSR count). The molecule has 106 valence electrons. The molecule has 0 fully saturated rings. The van der Waals surface area contributed by atoms with E-state index in [9.17, 15) is 4.79 Å². The molecule has 2 atom stereocenters. The Bertz CT molecular complexity index is 421. The fraction of sp³-hybridized carbons (Fsp3) is 0.417. The highest BCUT2D eigenvalue weighted by molar-refractivity contribution is 6.36. The minimum atomic E-state index is -0.901. The zero-order valence-electron chi connectivity index (χ0n) is 10.6. The first-order valence-corrected chi connectivity index (χ1v) is 6.23. The highest BCUT2D eigenvalue weighted by Gasteiger charge is 2.27. The Morgan fingerprint density at radius 2 is 1.95 bits per heavy atom. The van der Waals surface area contributed by atoms with Gasteiger partial charge < -0.3 is 19.9 Å². The SMILES string of the molecule is COCO[C@H](c1c(Cl)cccc1Cl)[C@@H](C)OC(N)=O. The van der Waals surface area contributed by atoms with Gasteiger partial charge >= 0.3 is 6.09 Å². The van der Waals surface area contributed by atoms with Crippen molar-refractivity contribution in [2.75, 3.05) is 13.9 Å². The molecule has 0 saturated carbocycles. The van der Waals surface area contributed by atoms with Crippen molar-refractivity contribution in [2.45, 2.75) is 19.1 Å². The van der Waals surface area contributed by atoms with Gasteiger partial charge in [0.1, 0.15) is 19.0 Å². The molecule has 5 nitrogen and oxygen atoms in total. The fourth-order valence-corrected chi connectivity index (χ4v) is 2.23. The van der Waals surface area contributed by atoms with Gasteiger partial charge in [0.15, 0.2) is 0 Å². The molecule has 0 bridgehead atoms. The second-order valence-electron chi connectivity index (χ2n) is 3.77.